The molecule has 0 N–H and O–H groups in total. The number of halogens is 1. The molecule has 1 unspecified atom stereocenters. The first kappa shape index (κ1) is 24.4. The highest BCUT2D eigenvalue weighted by Crippen LogP contribution is 2.44. The van der Waals surface area contributed by atoms with E-state index in [9.17, 15) is 18.8 Å². The van der Waals surface area contributed by atoms with Crippen LogP contribution < -0.4 is 19.8 Å². The number of fused-ring (bicyclic) bond motifs is 2. The highest BCUT2D eigenvalue weighted by Gasteiger charge is 2.45. The van der Waals surface area contributed by atoms with Crippen LogP contribution in [0.4, 0.5) is 9.52 Å². The van der Waals surface area contributed by atoms with E-state index in [0.717, 1.165) is 23.5 Å². The number of anilines is 1. The molecule has 0 saturated carbocycles. The third-order valence-corrected chi connectivity index (χ3v) is 7.13. The van der Waals surface area contributed by atoms with Gasteiger partial charge in [-0.25, -0.2) is 14.2 Å². The average molecular weight is 525 g/mol. The molecule has 190 valence electrons. The van der Waals surface area contributed by atoms with Crippen LogP contribution in [0.5, 0.6) is 11.5 Å². The van der Waals surface area contributed by atoms with Gasteiger partial charge in [0.2, 0.25) is 5.76 Å². The minimum atomic E-state index is -0.993. The van der Waals surface area contributed by atoms with E-state index in [4.69, 9.17) is 18.6 Å². The normalized spacial score (nSPS) is 14.7. The Bertz CT molecular complexity index is 1630. The molecule has 3 heterocycles. The van der Waals surface area contributed by atoms with Crippen LogP contribution in [-0.2, 0) is 4.74 Å². The molecule has 4 aromatic rings. The lowest BCUT2D eigenvalue weighted by molar-refractivity contribution is 0.0605. The fraction of sp³-hybridized carbons (Fsp3) is 0.231. The van der Waals surface area contributed by atoms with E-state index >= 15 is 0 Å². The summed E-state index contributed by atoms with van der Waals surface area (Å²) in [4.78, 5) is 45.6. The van der Waals surface area contributed by atoms with Crippen molar-refractivity contribution in [3.8, 4) is 11.5 Å². The molecule has 5 rings (SSSR count). The standard InChI is InChI=1S/C26H21FN2O7S/c1-5-35-17-8-6-13(10-18(17)33-3)20-19-21(30)15-11-14(27)7-9-16(15)36-22(19)24(31)29(20)26-28-12(2)23(37-26)25(32)34-4/h6-11,20H,5H2,1-4H3. The SMILES string of the molecule is CCOc1ccc(C2c3c(oc4ccc(F)cc4c3=O)C(=O)N2c2nc(C)c(C(=O)OC)s2)cc1OC. The summed E-state index contributed by atoms with van der Waals surface area (Å²) in [6.45, 7) is 3.86. The molecule has 2 aromatic heterocycles. The van der Waals surface area contributed by atoms with Crippen molar-refractivity contribution >= 4 is 39.3 Å². The maximum absolute atomic E-state index is 14.0. The number of aromatic nitrogens is 1. The first-order valence-electron chi connectivity index (χ1n) is 11.2. The number of hydrogen-bond acceptors (Lipinski definition) is 9. The smallest absolute Gasteiger partial charge is 0.350 e. The molecule has 37 heavy (non-hydrogen) atoms. The maximum Gasteiger partial charge on any atom is 0.350 e. The summed E-state index contributed by atoms with van der Waals surface area (Å²) < 4.78 is 35.8. The van der Waals surface area contributed by atoms with Crippen LogP contribution in [0.1, 0.15) is 50.0 Å². The van der Waals surface area contributed by atoms with Gasteiger partial charge in [0.15, 0.2) is 22.1 Å². The van der Waals surface area contributed by atoms with Crippen molar-refractivity contribution in [1.29, 1.82) is 0 Å². The molecule has 0 saturated heterocycles. The van der Waals surface area contributed by atoms with Gasteiger partial charge in [-0.05, 0) is 49.7 Å². The highest BCUT2D eigenvalue weighted by molar-refractivity contribution is 7.17. The highest BCUT2D eigenvalue weighted by atomic mass is 32.1. The first-order valence-corrected chi connectivity index (χ1v) is 12.1. The van der Waals surface area contributed by atoms with Gasteiger partial charge in [-0.3, -0.25) is 14.5 Å². The lowest BCUT2D eigenvalue weighted by Crippen LogP contribution is -2.29. The molecule has 1 aliphatic heterocycles. The summed E-state index contributed by atoms with van der Waals surface area (Å²) in [6, 6.07) is 7.57. The number of thiazole rings is 1. The molecule has 2 aromatic carbocycles. The molecular formula is C26H21FN2O7S. The van der Waals surface area contributed by atoms with Crippen LogP contribution in [-0.4, -0.2) is 37.7 Å². The van der Waals surface area contributed by atoms with E-state index in [-0.39, 0.29) is 32.3 Å². The van der Waals surface area contributed by atoms with Crippen molar-refractivity contribution in [2.45, 2.75) is 19.9 Å². The second-order valence-corrected chi connectivity index (χ2v) is 9.12. The number of rotatable bonds is 6. The fourth-order valence-corrected chi connectivity index (χ4v) is 5.37. The Morgan fingerprint density at radius 1 is 1.16 bits per heavy atom. The predicted octanol–water partition coefficient (Wildman–Crippen LogP) is 4.64. The van der Waals surface area contributed by atoms with Crippen molar-refractivity contribution in [2.24, 2.45) is 0 Å². The number of amides is 1. The van der Waals surface area contributed by atoms with Gasteiger partial charge >= 0.3 is 5.97 Å². The summed E-state index contributed by atoms with van der Waals surface area (Å²) in [5.74, 6) is -1.15. The van der Waals surface area contributed by atoms with Gasteiger partial charge in [-0.15, -0.1) is 0 Å². The number of ether oxygens (including phenoxy) is 3. The Kier molecular flexibility index (Phi) is 6.16. The zero-order valence-electron chi connectivity index (χ0n) is 20.3. The Hall–Kier alpha value is -4.25. The summed E-state index contributed by atoms with van der Waals surface area (Å²) in [6.07, 6.45) is 0. The molecule has 0 radical (unpaired) electrons. The minimum absolute atomic E-state index is 0.00173. The number of carbonyl (C=O) groups is 2. The minimum Gasteiger partial charge on any atom is -0.493 e. The molecule has 0 fully saturated rings. The van der Waals surface area contributed by atoms with E-state index < -0.39 is 29.2 Å². The number of aryl methyl sites for hydroxylation is 1. The Morgan fingerprint density at radius 3 is 2.65 bits per heavy atom. The molecule has 0 aliphatic carbocycles. The quantitative estimate of drug-likeness (QED) is 0.336. The summed E-state index contributed by atoms with van der Waals surface area (Å²) in [5, 5.41) is 0.170. The van der Waals surface area contributed by atoms with Gasteiger partial charge in [0.05, 0.1) is 43.5 Å². The van der Waals surface area contributed by atoms with Gasteiger partial charge in [0.1, 0.15) is 16.3 Å². The van der Waals surface area contributed by atoms with E-state index in [0.29, 0.717) is 29.4 Å². The molecule has 1 amide bonds. The van der Waals surface area contributed by atoms with Gasteiger partial charge in [-0.2, -0.15) is 0 Å². The lowest BCUT2D eigenvalue weighted by Gasteiger charge is -2.23. The fourth-order valence-electron chi connectivity index (χ4n) is 4.35. The summed E-state index contributed by atoms with van der Waals surface area (Å²) in [7, 11) is 2.73. The molecule has 9 nitrogen and oxygen atoms in total. The number of carbonyl (C=O) groups excluding carboxylic acids is 2. The van der Waals surface area contributed by atoms with E-state index in [1.165, 1.54) is 25.2 Å². The second-order valence-electron chi connectivity index (χ2n) is 8.14. The topological polar surface area (TPSA) is 108 Å². The van der Waals surface area contributed by atoms with Gasteiger partial charge in [0.25, 0.3) is 5.91 Å². The van der Waals surface area contributed by atoms with Crippen LogP contribution in [0.3, 0.4) is 0 Å². The van der Waals surface area contributed by atoms with Crippen LogP contribution in [0.2, 0.25) is 0 Å². The number of nitrogens with zero attached hydrogens (tertiary/aromatic N) is 2. The maximum atomic E-state index is 14.0. The van der Waals surface area contributed by atoms with E-state index in [2.05, 4.69) is 4.98 Å². The Balaban J connectivity index is 1.78. The van der Waals surface area contributed by atoms with Crippen LogP contribution >= 0.6 is 11.3 Å². The molecule has 0 spiro atoms. The summed E-state index contributed by atoms with van der Waals surface area (Å²) >= 11 is 0.956. The van der Waals surface area contributed by atoms with Crippen molar-refractivity contribution < 1.29 is 32.6 Å². The first-order chi connectivity index (χ1) is 17.8. The van der Waals surface area contributed by atoms with Crippen molar-refractivity contribution in [3.63, 3.8) is 0 Å². The molecule has 1 atom stereocenters. The van der Waals surface area contributed by atoms with Crippen LogP contribution in [0, 0.1) is 12.7 Å². The largest absolute Gasteiger partial charge is 0.493 e. The van der Waals surface area contributed by atoms with Gasteiger partial charge < -0.3 is 18.6 Å². The zero-order chi connectivity index (χ0) is 26.4. The van der Waals surface area contributed by atoms with Crippen LogP contribution in [0.15, 0.2) is 45.6 Å². The molecule has 0 bridgehead atoms. The monoisotopic (exact) mass is 524 g/mol. The molecule has 11 heteroatoms. The number of benzene rings is 2. The van der Waals surface area contributed by atoms with Crippen LogP contribution in [0.25, 0.3) is 11.0 Å². The average Bonchev–Trinajstić information content (AvgIpc) is 3.41. The number of methoxy groups -OCH3 is 2. The predicted molar refractivity (Wildman–Crippen MR) is 133 cm³/mol. The lowest BCUT2D eigenvalue weighted by atomic mass is 9.98. The van der Waals surface area contributed by atoms with Gasteiger partial charge in [0, 0.05) is 0 Å². The van der Waals surface area contributed by atoms with Gasteiger partial charge in [-0.1, -0.05) is 17.4 Å². The number of hydrogen-bond donors (Lipinski definition) is 0. The third-order valence-electron chi connectivity index (χ3n) is 6.00. The second kappa shape index (κ2) is 9.32. The summed E-state index contributed by atoms with van der Waals surface area (Å²) in [5.41, 5.74) is 0.426. The van der Waals surface area contributed by atoms with Crippen molar-refractivity contribution in [3.05, 3.63) is 79.9 Å². The Morgan fingerprint density at radius 2 is 1.95 bits per heavy atom. The zero-order valence-corrected chi connectivity index (χ0v) is 21.1. The molecule has 1 aliphatic rings. The number of esters is 1. The Labute approximate surface area is 214 Å². The third kappa shape index (κ3) is 3.91. The van der Waals surface area contributed by atoms with E-state index in [1.54, 1.807) is 25.1 Å². The van der Waals surface area contributed by atoms with Crippen molar-refractivity contribution in [2.75, 3.05) is 25.7 Å². The molecular weight excluding hydrogens is 503 g/mol. The van der Waals surface area contributed by atoms with E-state index in [1.807, 2.05) is 6.92 Å². The van der Waals surface area contributed by atoms with Crippen molar-refractivity contribution in [1.82, 2.24) is 4.98 Å².